The van der Waals surface area contributed by atoms with Crippen molar-refractivity contribution in [3.63, 3.8) is 0 Å². The molecule has 25 heavy (non-hydrogen) atoms. The SMILES string of the molecule is COC(C(=O)N(C)CC(=O)N1CCCC(C(=O)O)C1)c1ccccc1. The summed E-state index contributed by atoms with van der Waals surface area (Å²) < 4.78 is 5.30. The smallest absolute Gasteiger partial charge is 0.308 e. The Bertz CT molecular complexity index is 619. The Balaban J connectivity index is 1.98. The molecule has 0 radical (unpaired) electrons. The molecule has 7 heteroatoms. The number of hydrogen-bond acceptors (Lipinski definition) is 4. The van der Waals surface area contributed by atoms with Crippen molar-refractivity contribution in [1.82, 2.24) is 9.80 Å². The summed E-state index contributed by atoms with van der Waals surface area (Å²) in [7, 11) is 3.00. The molecule has 1 aliphatic rings. The second-order valence-corrected chi connectivity index (χ2v) is 6.24. The number of likely N-dealkylation sites (N-methyl/N-ethyl adjacent to an activating group) is 1. The Morgan fingerprint density at radius 2 is 2.00 bits per heavy atom. The van der Waals surface area contributed by atoms with Gasteiger partial charge in [-0.25, -0.2) is 0 Å². The van der Waals surface area contributed by atoms with Gasteiger partial charge in [0.25, 0.3) is 5.91 Å². The molecule has 2 atom stereocenters. The van der Waals surface area contributed by atoms with Gasteiger partial charge in [0.15, 0.2) is 6.10 Å². The highest BCUT2D eigenvalue weighted by molar-refractivity contribution is 5.87. The van der Waals surface area contributed by atoms with Gasteiger partial charge >= 0.3 is 5.97 Å². The third kappa shape index (κ3) is 4.79. The van der Waals surface area contributed by atoms with E-state index >= 15 is 0 Å². The zero-order valence-corrected chi connectivity index (χ0v) is 14.6. The summed E-state index contributed by atoms with van der Waals surface area (Å²) in [5, 5.41) is 9.12. The molecule has 0 aliphatic carbocycles. The molecule has 1 aromatic rings. The van der Waals surface area contributed by atoms with Crippen LogP contribution in [0.5, 0.6) is 0 Å². The predicted octanol–water partition coefficient (Wildman–Crippen LogP) is 1.16. The Labute approximate surface area is 147 Å². The van der Waals surface area contributed by atoms with Gasteiger partial charge in [-0.05, 0) is 18.4 Å². The van der Waals surface area contributed by atoms with Gasteiger partial charge in [0.2, 0.25) is 5.91 Å². The van der Waals surface area contributed by atoms with E-state index in [-0.39, 0.29) is 24.9 Å². The first kappa shape index (κ1) is 18.9. The lowest BCUT2D eigenvalue weighted by molar-refractivity contribution is -0.149. The van der Waals surface area contributed by atoms with Gasteiger partial charge in [-0.3, -0.25) is 14.4 Å². The van der Waals surface area contributed by atoms with Crippen LogP contribution in [0.1, 0.15) is 24.5 Å². The molecule has 2 rings (SSSR count). The second-order valence-electron chi connectivity index (χ2n) is 6.24. The lowest BCUT2D eigenvalue weighted by atomic mass is 9.98. The number of aliphatic carboxylic acids is 1. The van der Waals surface area contributed by atoms with Gasteiger partial charge in [-0.1, -0.05) is 30.3 Å². The number of nitrogens with zero attached hydrogens (tertiary/aromatic N) is 2. The molecular formula is C18H24N2O5. The second kappa shape index (κ2) is 8.62. The first-order valence-electron chi connectivity index (χ1n) is 8.27. The molecular weight excluding hydrogens is 324 g/mol. The first-order chi connectivity index (χ1) is 11.9. The number of piperidine rings is 1. The van der Waals surface area contributed by atoms with Gasteiger partial charge in [-0.2, -0.15) is 0 Å². The molecule has 1 heterocycles. The fourth-order valence-electron chi connectivity index (χ4n) is 2.99. The number of rotatable bonds is 6. The van der Waals surface area contributed by atoms with E-state index in [2.05, 4.69) is 0 Å². The quantitative estimate of drug-likeness (QED) is 0.833. The number of methoxy groups -OCH3 is 1. The van der Waals surface area contributed by atoms with Crippen LogP contribution in [0.4, 0.5) is 0 Å². The van der Waals surface area contributed by atoms with Crippen molar-refractivity contribution < 1.29 is 24.2 Å². The van der Waals surface area contributed by atoms with Crippen LogP contribution >= 0.6 is 0 Å². The fraction of sp³-hybridized carbons (Fsp3) is 0.500. The van der Waals surface area contributed by atoms with Crippen molar-refractivity contribution in [2.45, 2.75) is 18.9 Å². The zero-order chi connectivity index (χ0) is 18.4. The van der Waals surface area contributed by atoms with Crippen LogP contribution in [0, 0.1) is 5.92 Å². The van der Waals surface area contributed by atoms with Crippen LogP contribution in [0.25, 0.3) is 0 Å². The van der Waals surface area contributed by atoms with Crippen molar-refractivity contribution >= 4 is 17.8 Å². The van der Waals surface area contributed by atoms with E-state index in [0.29, 0.717) is 19.4 Å². The summed E-state index contributed by atoms with van der Waals surface area (Å²) in [4.78, 5) is 39.0. The molecule has 1 aromatic carbocycles. The summed E-state index contributed by atoms with van der Waals surface area (Å²) in [6.07, 6.45) is 0.464. The number of hydrogen-bond donors (Lipinski definition) is 1. The van der Waals surface area contributed by atoms with Crippen molar-refractivity contribution in [1.29, 1.82) is 0 Å². The van der Waals surface area contributed by atoms with Crippen molar-refractivity contribution in [2.24, 2.45) is 5.92 Å². The van der Waals surface area contributed by atoms with E-state index in [4.69, 9.17) is 9.84 Å². The maximum Gasteiger partial charge on any atom is 0.308 e. The number of ether oxygens (including phenoxy) is 1. The maximum absolute atomic E-state index is 12.6. The Morgan fingerprint density at radius 3 is 2.60 bits per heavy atom. The van der Waals surface area contributed by atoms with Crippen molar-refractivity contribution in [3.8, 4) is 0 Å². The van der Waals surface area contributed by atoms with E-state index < -0.39 is 18.0 Å². The third-order valence-electron chi connectivity index (χ3n) is 4.43. The fourth-order valence-corrected chi connectivity index (χ4v) is 2.99. The summed E-state index contributed by atoms with van der Waals surface area (Å²) in [5.41, 5.74) is 0.721. The molecule has 1 aliphatic heterocycles. The minimum Gasteiger partial charge on any atom is -0.481 e. The molecule has 1 N–H and O–H groups in total. The number of likely N-dealkylation sites (tertiary alicyclic amines) is 1. The molecule has 1 fully saturated rings. The predicted molar refractivity (Wildman–Crippen MR) is 90.8 cm³/mol. The number of carbonyl (C=O) groups excluding carboxylic acids is 2. The van der Waals surface area contributed by atoms with Crippen LogP contribution in [0.2, 0.25) is 0 Å². The van der Waals surface area contributed by atoms with Crippen molar-refractivity contribution in [2.75, 3.05) is 33.8 Å². The van der Waals surface area contributed by atoms with E-state index in [1.165, 1.54) is 16.9 Å². The zero-order valence-electron chi connectivity index (χ0n) is 14.6. The highest BCUT2D eigenvalue weighted by Crippen LogP contribution is 2.20. The van der Waals surface area contributed by atoms with Gasteiger partial charge in [-0.15, -0.1) is 0 Å². The van der Waals surface area contributed by atoms with E-state index in [0.717, 1.165) is 5.56 Å². The summed E-state index contributed by atoms with van der Waals surface area (Å²) in [5.74, 6) is -1.97. The summed E-state index contributed by atoms with van der Waals surface area (Å²) in [6.45, 7) is 0.623. The molecule has 0 bridgehead atoms. The molecule has 7 nitrogen and oxygen atoms in total. The standard InChI is InChI=1S/C18H24N2O5/c1-19(17(22)16(25-2)13-7-4-3-5-8-13)12-15(21)20-10-6-9-14(11-20)18(23)24/h3-5,7-8,14,16H,6,9-12H2,1-2H3,(H,23,24). The molecule has 0 saturated carbocycles. The van der Waals surface area contributed by atoms with Crippen LogP contribution in [-0.2, 0) is 19.1 Å². The van der Waals surface area contributed by atoms with E-state index in [9.17, 15) is 14.4 Å². The van der Waals surface area contributed by atoms with E-state index in [1.807, 2.05) is 18.2 Å². The normalized spacial score (nSPS) is 18.5. The lowest BCUT2D eigenvalue weighted by Gasteiger charge is -2.32. The maximum atomic E-state index is 12.6. The molecule has 0 spiro atoms. The third-order valence-corrected chi connectivity index (χ3v) is 4.43. The van der Waals surface area contributed by atoms with Gasteiger partial charge < -0.3 is 19.6 Å². The molecule has 0 aromatic heterocycles. The largest absolute Gasteiger partial charge is 0.481 e. The van der Waals surface area contributed by atoms with Crippen LogP contribution in [0.3, 0.4) is 0 Å². The molecule has 2 amide bonds. The molecule has 136 valence electrons. The number of carbonyl (C=O) groups is 3. The number of carboxylic acid groups (broad SMARTS) is 1. The Hall–Kier alpha value is -2.41. The van der Waals surface area contributed by atoms with E-state index in [1.54, 1.807) is 19.2 Å². The summed E-state index contributed by atoms with van der Waals surface area (Å²) >= 11 is 0. The highest BCUT2D eigenvalue weighted by atomic mass is 16.5. The number of carboxylic acids is 1. The minimum atomic E-state index is -0.884. The lowest BCUT2D eigenvalue weighted by Crippen LogP contribution is -2.47. The Morgan fingerprint density at radius 1 is 1.32 bits per heavy atom. The molecule has 1 saturated heterocycles. The monoisotopic (exact) mass is 348 g/mol. The minimum absolute atomic E-state index is 0.0993. The number of benzene rings is 1. The van der Waals surface area contributed by atoms with Gasteiger partial charge in [0.1, 0.15) is 0 Å². The summed E-state index contributed by atoms with van der Waals surface area (Å²) in [6, 6.07) is 9.08. The molecule has 2 unspecified atom stereocenters. The van der Waals surface area contributed by atoms with Gasteiger partial charge in [0.05, 0.1) is 12.5 Å². The average molecular weight is 348 g/mol. The highest BCUT2D eigenvalue weighted by Gasteiger charge is 2.30. The van der Waals surface area contributed by atoms with Crippen molar-refractivity contribution in [3.05, 3.63) is 35.9 Å². The number of amides is 2. The average Bonchev–Trinajstić information content (AvgIpc) is 2.63. The van der Waals surface area contributed by atoms with Crippen LogP contribution in [0.15, 0.2) is 30.3 Å². The van der Waals surface area contributed by atoms with Gasteiger partial charge in [0, 0.05) is 27.2 Å². The van der Waals surface area contributed by atoms with Crippen LogP contribution in [-0.4, -0.2) is 66.5 Å². The first-order valence-corrected chi connectivity index (χ1v) is 8.27. The topological polar surface area (TPSA) is 87.2 Å². The van der Waals surface area contributed by atoms with Crippen LogP contribution < -0.4 is 0 Å². The Kier molecular flexibility index (Phi) is 6.52.